The van der Waals surface area contributed by atoms with Crippen LogP contribution in [-0.2, 0) is 17.8 Å². The molecule has 2 aromatic carbocycles. The fraction of sp³-hybridized carbons (Fsp3) is 0.250. The van der Waals surface area contributed by atoms with Crippen molar-refractivity contribution in [2.24, 2.45) is 0 Å². The summed E-state index contributed by atoms with van der Waals surface area (Å²) in [4.78, 5) is 30.9. The molecular formula is C20H15F4N3O3. The second kappa shape index (κ2) is 7.43. The molecule has 0 aliphatic carbocycles. The lowest BCUT2D eigenvalue weighted by Gasteiger charge is -2.30. The van der Waals surface area contributed by atoms with Crippen LogP contribution in [0.4, 0.5) is 23.2 Å². The van der Waals surface area contributed by atoms with Gasteiger partial charge in [-0.1, -0.05) is 0 Å². The van der Waals surface area contributed by atoms with Gasteiger partial charge in [0.15, 0.2) is 0 Å². The fourth-order valence-corrected chi connectivity index (χ4v) is 3.50. The molecule has 0 saturated heterocycles. The van der Waals surface area contributed by atoms with Crippen LogP contribution in [0.3, 0.4) is 0 Å². The van der Waals surface area contributed by atoms with Crippen LogP contribution in [-0.4, -0.2) is 28.4 Å². The van der Waals surface area contributed by atoms with E-state index < -0.39 is 23.6 Å². The van der Waals surface area contributed by atoms with Crippen LogP contribution < -0.4 is 15.2 Å². The largest absolute Gasteiger partial charge is 0.573 e. The number of fused-ring (bicyclic) bond motifs is 2. The van der Waals surface area contributed by atoms with Crippen molar-refractivity contribution in [3.05, 3.63) is 64.5 Å². The summed E-state index contributed by atoms with van der Waals surface area (Å²) in [5, 5.41) is 0.0540. The Morgan fingerprint density at radius 2 is 1.97 bits per heavy atom. The van der Waals surface area contributed by atoms with Crippen LogP contribution in [0.15, 0.2) is 47.5 Å². The standard InChI is InChI=1S/C20H15F4N3O3/c21-13-3-5-16-15(9-13)19(29)26(11-25-16)10-18(28)27-7-1-2-12-8-14(4-6-17(12)27)30-20(22,23)24/h3-6,8-9,11H,1-2,7,10H2. The Morgan fingerprint density at radius 1 is 1.17 bits per heavy atom. The van der Waals surface area contributed by atoms with Gasteiger partial charge in [0.1, 0.15) is 18.1 Å². The molecule has 6 nitrogen and oxygen atoms in total. The van der Waals surface area contributed by atoms with E-state index in [2.05, 4.69) is 9.72 Å². The first-order valence-corrected chi connectivity index (χ1v) is 9.05. The van der Waals surface area contributed by atoms with E-state index in [1.807, 2.05) is 0 Å². The number of amides is 1. The van der Waals surface area contributed by atoms with Gasteiger partial charge >= 0.3 is 6.36 Å². The number of benzene rings is 2. The highest BCUT2D eigenvalue weighted by atomic mass is 19.4. The summed E-state index contributed by atoms with van der Waals surface area (Å²) >= 11 is 0. The quantitative estimate of drug-likeness (QED) is 0.608. The number of alkyl halides is 3. The molecule has 10 heteroatoms. The highest BCUT2D eigenvalue weighted by Gasteiger charge is 2.32. The third-order valence-electron chi connectivity index (χ3n) is 4.80. The highest BCUT2D eigenvalue weighted by molar-refractivity contribution is 5.94. The Kier molecular flexibility index (Phi) is 4.92. The van der Waals surface area contributed by atoms with E-state index in [1.165, 1.54) is 35.5 Å². The summed E-state index contributed by atoms with van der Waals surface area (Å²) in [6, 6.07) is 7.42. The molecule has 0 N–H and O–H groups in total. The SMILES string of the molecule is O=C(Cn1cnc2ccc(F)cc2c1=O)N1CCCc2cc(OC(F)(F)F)ccc21. The van der Waals surface area contributed by atoms with E-state index in [1.54, 1.807) is 0 Å². The topological polar surface area (TPSA) is 64.4 Å². The highest BCUT2D eigenvalue weighted by Crippen LogP contribution is 2.32. The molecule has 0 fully saturated rings. The van der Waals surface area contributed by atoms with Gasteiger partial charge in [-0.3, -0.25) is 14.2 Å². The Labute approximate surface area is 167 Å². The zero-order valence-electron chi connectivity index (χ0n) is 15.4. The van der Waals surface area contributed by atoms with E-state index in [-0.39, 0.29) is 17.7 Å². The number of aromatic nitrogens is 2. The number of carbonyl (C=O) groups is 1. The van der Waals surface area contributed by atoms with E-state index in [0.717, 1.165) is 16.7 Å². The Morgan fingerprint density at radius 3 is 2.73 bits per heavy atom. The molecule has 30 heavy (non-hydrogen) atoms. The van der Waals surface area contributed by atoms with Gasteiger partial charge in [0, 0.05) is 12.2 Å². The van der Waals surface area contributed by atoms with Gasteiger partial charge in [0.05, 0.1) is 17.2 Å². The summed E-state index contributed by atoms with van der Waals surface area (Å²) in [5.74, 6) is -1.38. The minimum Gasteiger partial charge on any atom is -0.406 e. The van der Waals surface area contributed by atoms with Crippen molar-refractivity contribution in [1.82, 2.24) is 9.55 Å². The zero-order valence-corrected chi connectivity index (χ0v) is 15.4. The molecule has 0 spiro atoms. The number of anilines is 1. The monoisotopic (exact) mass is 421 g/mol. The Balaban J connectivity index is 1.60. The van der Waals surface area contributed by atoms with Crippen molar-refractivity contribution in [2.75, 3.05) is 11.4 Å². The smallest absolute Gasteiger partial charge is 0.406 e. The lowest BCUT2D eigenvalue weighted by atomic mass is 10.0. The van der Waals surface area contributed by atoms with Crippen molar-refractivity contribution < 1.29 is 27.1 Å². The molecule has 2 heterocycles. The number of carbonyl (C=O) groups excluding carboxylic acids is 1. The van der Waals surface area contributed by atoms with Gasteiger partial charge < -0.3 is 9.64 Å². The molecule has 3 aromatic rings. The van der Waals surface area contributed by atoms with Crippen molar-refractivity contribution in [3.8, 4) is 5.75 Å². The average molecular weight is 421 g/mol. The van der Waals surface area contributed by atoms with E-state index in [9.17, 15) is 27.2 Å². The van der Waals surface area contributed by atoms with Crippen LogP contribution in [0.1, 0.15) is 12.0 Å². The van der Waals surface area contributed by atoms with Crippen molar-refractivity contribution in [3.63, 3.8) is 0 Å². The molecule has 156 valence electrons. The lowest BCUT2D eigenvalue weighted by Crippen LogP contribution is -2.39. The molecule has 0 saturated carbocycles. The molecule has 1 aliphatic heterocycles. The van der Waals surface area contributed by atoms with Gasteiger partial charge in [0.25, 0.3) is 5.56 Å². The maximum Gasteiger partial charge on any atom is 0.573 e. The number of nitrogens with zero attached hydrogens (tertiary/aromatic N) is 3. The van der Waals surface area contributed by atoms with E-state index >= 15 is 0 Å². The summed E-state index contributed by atoms with van der Waals surface area (Å²) < 4.78 is 55.8. The number of hydrogen-bond acceptors (Lipinski definition) is 4. The number of halogens is 4. The molecule has 0 unspecified atom stereocenters. The third-order valence-corrected chi connectivity index (χ3v) is 4.80. The number of ether oxygens (including phenoxy) is 1. The van der Waals surface area contributed by atoms with Gasteiger partial charge in [-0.25, -0.2) is 9.37 Å². The lowest BCUT2D eigenvalue weighted by molar-refractivity contribution is -0.274. The minimum absolute atomic E-state index is 0.0540. The molecule has 0 atom stereocenters. The van der Waals surface area contributed by atoms with Crippen molar-refractivity contribution in [2.45, 2.75) is 25.7 Å². The molecular weight excluding hydrogens is 406 g/mol. The first-order chi connectivity index (χ1) is 14.2. The average Bonchev–Trinajstić information content (AvgIpc) is 2.68. The Bertz CT molecular complexity index is 1190. The summed E-state index contributed by atoms with van der Waals surface area (Å²) in [6.07, 6.45) is -2.55. The van der Waals surface area contributed by atoms with Crippen LogP contribution in [0.25, 0.3) is 10.9 Å². The number of rotatable bonds is 3. The minimum atomic E-state index is -4.80. The first-order valence-electron chi connectivity index (χ1n) is 9.05. The van der Waals surface area contributed by atoms with Crippen LogP contribution in [0.5, 0.6) is 5.75 Å². The molecule has 1 amide bonds. The molecule has 1 aliphatic rings. The van der Waals surface area contributed by atoms with E-state index in [4.69, 9.17) is 0 Å². The predicted octanol–water partition coefficient (Wildman–Crippen LogP) is 3.41. The fourth-order valence-electron chi connectivity index (χ4n) is 3.50. The normalized spacial score (nSPS) is 13.9. The molecule has 1 aromatic heterocycles. The van der Waals surface area contributed by atoms with Crippen molar-refractivity contribution >= 4 is 22.5 Å². The maximum atomic E-state index is 13.5. The second-order valence-corrected chi connectivity index (χ2v) is 6.83. The van der Waals surface area contributed by atoms with Crippen molar-refractivity contribution in [1.29, 1.82) is 0 Å². The van der Waals surface area contributed by atoms with E-state index in [0.29, 0.717) is 36.2 Å². The summed E-state index contributed by atoms with van der Waals surface area (Å²) in [7, 11) is 0. The summed E-state index contributed by atoms with van der Waals surface area (Å²) in [6.45, 7) is 0.0220. The second-order valence-electron chi connectivity index (χ2n) is 6.83. The Hall–Kier alpha value is -3.43. The third kappa shape index (κ3) is 3.98. The van der Waals surface area contributed by atoms with Gasteiger partial charge in [-0.2, -0.15) is 0 Å². The first kappa shape index (κ1) is 19.9. The van der Waals surface area contributed by atoms with Crippen LogP contribution >= 0.6 is 0 Å². The van der Waals surface area contributed by atoms with Gasteiger partial charge in [-0.05, 0) is 54.8 Å². The maximum absolute atomic E-state index is 13.5. The van der Waals surface area contributed by atoms with Crippen LogP contribution in [0.2, 0.25) is 0 Å². The molecule has 4 rings (SSSR count). The summed E-state index contributed by atoms with van der Waals surface area (Å²) in [5.41, 5.74) is 0.764. The zero-order chi connectivity index (χ0) is 21.5. The molecule has 0 radical (unpaired) electrons. The van der Waals surface area contributed by atoms with Crippen LogP contribution in [0, 0.1) is 5.82 Å². The van der Waals surface area contributed by atoms with Gasteiger partial charge in [0.2, 0.25) is 5.91 Å². The number of aryl methyl sites for hydroxylation is 1. The number of hydrogen-bond donors (Lipinski definition) is 0. The molecule has 0 bridgehead atoms. The predicted molar refractivity (Wildman–Crippen MR) is 99.8 cm³/mol. The van der Waals surface area contributed by atoms with Gasteiger partial charge in [-0.15, -0.1) is 13.2 Å².